The van der Waals surface area contributed by atoms with Crippen LogP contribution in [0.3, 0.4) is 0 Å². The van der Waals surface area contributed by atoms with Crippen molar-refractivity contribution in [3.63, 3.8) is 0 Å². The highest BCUT2D eigenvalue weighted by Gasteiger charge is 2.32. The Morgan fingerprint density at radius 2 is 1.96 bits per heavy atom. The van der Waals surface area contributed by atoms with Crippen LogP contribution in [-0.4, -0.2) is 39.3 Å². The molecule has 0 unspecified atom stereocenters. The molecular weight excluding hydrogens is 319 g/mol. The Balaban J connectivity index is 0.00000264. The summed E-state index contributed by atoms with van der Waals surface area (Å²) in [5, 5.41) is 6.38. The van der Waals surface area contributed by atoms with Crippen molar-refractivity contribution in [1.82, 2.24) is 10.6 Å². The van der Waals surface area contributed by atoms with Gasteiger partial charge in [0.25, 0.3) is 0 Å². The molecule has 0 bridgehead atoms. The van der Waals surface area contributed by atoms with Gasteiger partial charge in [-0.25, -0.2) is 4.39 Å². The van der Waals surface area contributed by atoms with Crippen LogP contribution in [0.15, 0.2) is 24.3 Å². The highest BCUT2D eigenvalue weighted by molar-refractivity contribution is 5.85. The lowest BCUT2D eigenvalue weighted by Crippen LogP contribution is -2.47. The van der Waals surface area contributed by atoms with Gasteiger partial charge in [0.05, 0.1) is 6.61 Å². The third-order valence-corrected chi connectivity index (χ3v) is 4.33. The zero-order valence-electron chi connectivity index (χ0n) is 13.6. The number of hydrogen-bond donors (Lipinski definition) is 2. The summed E-state index contributed by atoms with van der Waals surface area (Å²) >= 11 is 0. The molecule has 130 valence electrons. The van der Waals surface area contributed by atoms with E-state index in [1.807, 2.05) is 0 Å². The first-order valence-corrected chi connectivity index (χ1v) is 7.84. The van der Waals surface area contributed by atoms with Crippen LogP contribution in [0.1, 0.15) is 24.8 Å². The SMILES string of the molecule is COCC1(CNC(=O)CCc2ccc(F)cc2)CCNCC1.Cl. The van der Waals surface area contributed by atoms with Crippen molar-refractivity contribution in [2.24, 2.45) is 5.41 Å². The highest BCUT2D eigenvalue weighted by atomic mass is 35.5. The van der Waals surface area contributed by atoms with Crippen LogP contribution in [0.5, 0.6) is 0 Å². The number of nitrogens with one attached hydrogen (secondary N) is 2. The molecule has 23 heavy (non-hydrogen) atoms. The molecule has 2 N–H and O–H groups in total. The minimum absolute atomic E-state index is 0. The van der Waals surface area contributed by atoms with E-state index in [9.17, 15) is 9.18 Å². The Morgan fingerprint density at radius 3 is 2.57 bits per heavy atom. The first-order valence-electron chi connectivity index (χ1n) is 7.84. The molecule has 1 amide bonds. The van der Waals surface area contributed by atoms with Gasteiger partial charge in [0.2, 0.25) is 5.91 Å². The molecule has 1 aliphatic rings. The van der Waals surface area contributed by atoms with Crippen LogP contribution in [0.25, 0.3) is 0 Å². The first kappa shape index (κ1) is 19.9. The predicted molar refractivity (Wildman–Crippen MR) is 91.4 cm³/mol. The summed E-state index contributed by atoms with van der Waals surface area (Å²) in [7, 11) is 1.71. The fourth-order valence-corrected chi connectivity index (χ4v) is 2.92. The van der Waals surface area contributed by atoms with Crippen molar-refractivity contribution in [3.05, 3.63) is 35.6 Å². The Labute approximate surface area is 143 Å². The van der Waals surface area contributed by atoms with E-state index in [1.165, 1.54) is 12.1 Å². The summed E-state index contributed by atoms with van der Waals surface area (Å²) in [5.74, 6) is -0.209. The summed E-state index contributed by atoms with van der Waals surface area (Å²) in [5.41, 5.74) is 1.02. The number of carbonyl (C=O) groups is 1. The maximum absolute atomic E-state index is 12.8. The Hall–Kier alpha value is -1.17. The van der Waals surface area contributed by atoms with Gasteiger partial charge in [-0.1, -0.05) is 12.1 Å². The van der Waals surface area contributed by atoms with Crippen molar-refractivity contribution < 1.29 is 13.9 Å². The Kier molecular flexibility index (Phi) is 8.52. The Bertz CT molecular complexity index is 470. The molecule has 4 nitrogen and oxygen atoms in total. The molecule has 1 aromatic rings. The fraction of sp³-hybridized carbons (Fsp3) is 0.588. The van der Waals surface area contributed by atoms with Crippen LogP contribution in [0, 0.1) is 11.2 Å². The van der Waals surface area contributed by atoms with E-state index in [4.69, 9.17) is 4.74 Å². The molecule has 1 heterocycles. The number of piperidine rings is 1. The van der Waals surface area contributed by atoms with Gasteiger partial charge in [-0.15, -0.1) is 12.4 Å². The quantitative estimate of drug-likeness (QED) is 0.798. The van der Waals surface area contributed by atoms with Gasteiger partial charge < -0.3 is 15.4 Å². The zero-order chi connectivity index (χ0) is 15.8. The lowest BCUT2D eigenvalue weighted by molar-refractivity contribution is -0.122. The molecule has 6 heteroatoms. The molecule has 0 radical (unpaired) electrons. The number of methoxy groups -OCH3 is 1. The van der Waals surface area contributed by atoms with Gasteiger partial charge in [0.15, 0.2) is 0 Å². The average molecular weight is 345 g/mol. The first-order chi connectivity index (χ1) is 10.6. The van der Waals surface area contributed by atoms with Gasteiger partial charge in [-0.2, -0.15) is 0 Å². The molecule has 0 spiro atoms. The standard InChI is InChI=1S/C17H25FN2O2.ClH/c1-22-13-17(8-10-19-11-9-17)12-20-16(21)7-4-14-2-5-15(18)6-3-14;/h2-3,5-6,19H,4,7-13H2,1H3,(H,20,21);1H. The summed E-state index contributed by atoms with van der Waals surface area (Å²) < 4.78 is 18.2. The van der Waals surface area contributed by atoms with E-state index in [0.29, 0.717) is 26.0 Å². The van der Waals surface area contributed by atoms with Gasteiger partial charge in [-0.05, 0) is 50.0 Å². The van der Waals surface area contributed by atoms with E-state index in [1.54, 1.807) is 19.2 Å². The van der Waals surface area contributed by atoms with E-state index in [2.05, 4.69) is 10.6 Å². The monoisotopic (exact) mass is 344 g/mol. The second kappa shape index (κ2) is 9.85. The fourth-order valence-electron chi connectivity index (χ4n) is 2.92. The van der Waals surface area contributed by atoms with Crippen molar-refractivity contribution in [1.29, 1.82) is 0 Å². The van der Waals surface area contributed by atoms with Crippen LogP contribution in [0.4, 0.5) is 4.39 Å². The van der Waals surface area contributed by atoms with Gasteiger partial charge in [-0.3, -0.25) is 4.79 Å². The molecule has 0 atom stereocenters. The minimum atomic E-state index is -0.249. The van der Waals surface area contributed by atoms with Crippen LogP contribution < -0.4 is 10.6 Å². The molecule has 0 saturated carbocycles. The summed E-state index contributed by atoms with van der Waals surface area (Å²) in [4.78, 5) is 12.0. The minimum Gasteiger partial charge on any atom is -0.384 e. The predicted octanol–water partition coefficient (Wildman–Crippen LogP) is 2.31. The zero-order valence-corrected chi connectivity index (χ0v) is 14.4. The summed E-state index contributed by atoms with van der Waals surface area (Å²) in [6.45, 7) is 3.27. The van der Waals surface area contributed by atoms with Gasteiger partial charge in [0.1, 0.15) is 5.82 Å². The molecule has 1 aliphatic heterocycles. The number of amides is 1. The maximum atomic E-state index is 12.8. The number of ether oxygens (including phenoxy) is 1. The third-order valence-electron chi connectivity index (χ3n) is 4.33. The van der Waals surface area contributed by atoms with E-state index < -0.39 is 0 Å². The second-order valence-electron chi connectivity index (χ2n) is 6.09. The number of carbonyl (C=O) groups excluding carboxylic acids is 1. The lowest BCUT2D eigenvalue weighted by Gasteiger charge is -2.37. The Morgan fingerprint density at radius 1 is 1.30 bits per heavy atom. The molecule has 1 fully saturated rings. The number of rotatable bonds is 7. The van der Waals surface area contributed by atoms with E-state index in [-0.39, 0.29) is 29.5 Å². The van der Waals surface area contributed by atoms with Crippen molar-refractivity contribution in [3.8, 4) is 0 Å². The van der Waals surface area contributed by atoms with Gasteiger partial charge in [0, 0.05) is 25.5 Å². The maximum Gasteiger partial charge on any atom is 0.220 e. The molecule has 2 rings (SSSR count). The smallest absolute Gasteiger partial charge is 0.220 e. The molecule has 0 aromatic heterocycles. The second-order valence-corrected chi connectivity index (χ2v) is 6.09. The van der Waals surface area contributed by atoms with Crippen LogP contribution >= 0.6 is 12.4 Å². The van der Waals surface area contributed by atoms with E-state index in [0.717, 1.165) is 31.5 Å². The number of hydrogen-bond acceptors (Lipinski definition) is 3. The van der Waals surface area contributed by atoms with Crippen molar-refractivity contribution >= 4 is 18.3 Å². The largest absolute Gasteiger partial charge is 0.384 e. The van der Waals surface area contributed by atoms with E-state index >= 15 is 0 Å². The van der Waals surface area contributed by atoms with Gasteiger partial charge >= 0.3 is 0 Å². The van der Waals surface area contributed by atoms with Crippen molar-refractivity contribution in [2.45, 2.75) is 25.7 Å². The molecular formula is C17H26ClFN2O2. The number of benzene rings is 1. The van der Waals surface area contributed by atoms with Crippen molar-refractivity contribution in [2.75, 3.05) is 33.4 Å². The molecule has 0 aliphatic carbocycles. The normalized spacial score (nSPS) is 16.4. The average Bonchev–Trinajstić information content (AvgIpc) is 2.54. The molecule has 1 aromatic carbocycles. The summed E-state index contributed by atoms with van der Waals surface area (Å²) in [6, 6.07) is 6.30. The molecule has 1 saturated heterocycles. The van der Waals surface area contributed by atoms with Crippen LogP contribution in [-0.2, 0) is 16.0 Å². The lowest BCUT2D eigenvalue weighted by atomic mass is 9.79. The summed E-state index contributed by atoms with van der Waals surface area (Å²) in [6.07, 6.45) is 3.08. The topological polar surface area (TPSA) is 50.4 Å². The van der Waals surface area contributed by atoms with Crippen LogP contribution in [0.2, 0.25) is 0 Å². The highest BCUT2D eigenvalue weighted by Crippen LogP contribution is 2.28. The number of halogens is 2. The third kappa shape index (κ3) is 6.45. The number of aryl methyl sites for hydroxylation is 1.